The molecular formula is C21H23F3N2O5S. The summed E-state index contributed by atoms with van der Waals surface area (Å²) in [5, 5.41) is 2.70. The minimum absolute atomic E-state index is 0.00482. The minimum Gasteiger partial charge on any atom is -0.486 e. The van der Waals surface area contributed by atoms with Crippen LogP contribution in [0.15, 0.2) is 48.5 Å². The molecule has 0 spiro atoms. The Morgan fingerprint density at radius 3 is 2.56 bits per heavy atom. The maximum Gasteiger partial charge on any atom is 0.416 e. The van der Waals surface area contributed by atoms with E-state index in [0.717, 1.165) is 28.8 Å². The predicted molar refractivity (Wildman–Crippen MR) is 112 cm³/mol. The highest BCUT2D eigenvalue weighted by atomic mass is 32.2. The number of benzene rings is 2. The highest BCUT2D eigenvalue weighted by molar-refractivity contribution is 7.92. The summed E-state index contributed by atoms with van der Waals surface area (Å²) < 4.78 is 75.3. The summed E-state index contributed by atoms with van der Waals surface area (Å²) in [6, 6.07) is 11.2. The molecule has 11 heteroatoms. The van der Waals surface area contributed by atoms with E-state index in [0.29, 0.717) is 11.5 Å². The second kappa shape index (κ2) is 9.68. The summed E-state index contributed by atoms with van der Waals surface area (Å²) in [6.45, 7) is 0.343. The van der Waals surface area contributed by atoms with Crippen molar-refractivity contribution < 1.29 is 35.9 Å². The number of halogens is 3. The van der Waals surface area contributed by atoms with E-state index in [-0.39, 0.29) is 50.2 Å². The van der Waals surface area contributed by atoms with Crippen LogP contribution >= 0.6 is 0 Å². The molecule has 1 N–H and O–H groups in total. The van der Waals surface area contributed by atoms with Crippen molar-refractivity contribution >= 4 is 21.6 Å². The van der Waals surface area contributed by atoms with E-state index in [1.807, 2.05) is 6.07 Å². The maximum atomic E-state index is 13.0. The van der Waals surface area contributed by atoms with Crippen molar-refractivity contribution in [3.63, 3.8) is 0 Å². The van der Waals surface area contributed by atoms with E-state index >= 15 is 0 Å². The standard InChI is InChI=1S/C21H23F3N2O5S/c1-32(28,29)26(16-7-4-6-15(12-16)21(22,23)24)11-5-10-20(27)25-13-17-14-30-18-8-2-3-9-19(18)31-17/h2-4,6-9,12,17H,5,10-11,13-14H2,1H3,(H,25,27). The molecule has 0 aliphatic carbocycles. The molecule has 0 aromatic heterocycles. The third-order valence-electron chi connectivity index (χ3n) is 4.72. The quantitative estimate of drug-likeness (QED) is 0.638. The highest BCUT2D eigenvalue weighted by Crippen LogP contribution is 2.32. The molecule has 0 saturated carbocycles. The van der Waals surface area contributed by atoms with Crippen LogP contribution in [0.5, 0.6) is 11.5 Å². The average Bonchev–Trinajstić information content (AvgIpc) is 2.73. The summed E-state index contributed by atoms with van der Waals surface area (Å²) in [6.07, 6.45) is -3.93. The molecule has 0 radical (unpaired) electrons. The first kappa shape index (κ1) is 23.7. The number of amides is 1. The smallest absolute Gasteiger partial charge is 0.416 e. The molecular weight excluding hydrogens is 449 g/mol. The first-order chi connectivity index (χ1) is 15.0. The highest BCUT2D eigenvalue weighted by Gasteiger charge is 2.31. The van der Waals surface area contributed by atoms with Crippen LogP contribution in [0.4, 0.5) is 18.9 Å². The molecule has 0 bridgehead atoms. The van der Waals surface area contributed by atoms with E-state index in [4.69, 9.17) is 9.47 Å². The number of ether oxygens (including phenoxy) is 2. The lowest BCUT2D eigenvalue weighted by Crippen LogP contribution is -2.41. The van der Waals surface area contributed by atoms with E-state index in [9.17, 15) is 26.4 Å². The largest absolute Gasteiger partial charge is 0.486 e. The van der Waals surface area contributed by atoms with E-state index < -0.39 is 21.8 Å². The van der Waals surface area contributed by atoms with Crippen LogP contribution in [0.25, 0.3) is 0 Å². The number of nitrogens with one attached hydrogen (secondary N) is 1. The molecule has 0 saturated heterocycles. The first-order valence-corrected chi connectivity index (χ1v) is 11.7. The van der Waals surface area contributed by atoms with E-state index in [1.165, 1.54) is 6.07 Å². The number of anilines is 1. The number of fused-ring (bicyclic) bond motifs is 1. The number of nitrogens with zero attached hydrogens (tertiary/aromatic N) is 1. The van der Waals surface area contributed by atoms with Gasteiger partial charge in [-0.05, 0) is 36.8 Å². The Morgan fingerprint density at radius 2 is 1.88 bits per heavy atom. The van der Waals surface area contributed by atoms with Crippen LogP contribution in [0.1, 0.15) is 18.4 Å². The van der Waals surface area contributed by atoms with Gasteiger partial charge in [-0.15, -0.1) is 0 Å². The van der Waals surface area contributed by atoms with Crippen molar-refractivity contribution in [1.82, 2.24) is 5.32 Å². The minimum atomic E-state index is -4.59. The number of carbonyl (C=O) groups is 1. The fourth-order valence-electron chi connectivity index (χ4n) is 3.19. The zero-order valence-corrected chi connectivity index (χ0v) is 18.1. The number of alkyl halides is 3. The van der Waals surface area contributed by atoms with Crippen molar-refractivity contribution in [1.29, 1.82) is 0 Å². The fraction of sp³-hybridized carbons (Fsp3) is 0.381. The predicted octanol–water partition coefficient (Wildman–Crippen LogP) is 3.21. The number of carbonyl (C=O) groups excluding carboxylic acids is 1. The van der Waals surface area contributed by atoms with Crippen LogP contribution in [0, 0.1) is 0 Å². The summed E-state index contributed by atoms with van der Waals surface area (Å²) in [5.41, 5.74) is -1.05. The number of hydrogen-bond acceptors (Lipinski definition) is 5. The monoisotopic (exact) mass is 472 g/mol. The number of rotatable bonds is 8. The molecule has 1 aliphatic rings. The lowest BCUT2D eigenvalue weighted by atomic mass is 10.2. The fourth-order valence-corrected chi connectivity index (χ4v) is 4.14. The molecule has 1 atom stereocenters. The Morgan fingerprint density at radius 1 is 1.16 bits per heavy atom. The van der Waals surface area contributed by atoms with Gasteiger partial charge >= 0.3 is 6.18 Å². The lowest BCUT2D eigenvalue weighted by Gasteiger charge is -2.26. The molecule has 174 valence electrons. The average molecular weight is 472 g/mol. The molecule has 32 heavy (non-hydrogen) atoms. The van der Waals surface area contributed by atoms with Gasteiger partial charge in [0.25, 0.3) is 0 Å². The molecule has 7 nitrogen and oxygen atoms in total. The lowest BCUT2D eigenvalue weighted by molar-refractivity contribution is -0.137. The topological polar surface area (TPSA) is 84.9 Å². The summed E-state index contributed by atoms with van der Waals surface area (Å²) in [5.74, 6) is 0.887. The first-order valence-electron chi connectivity index (χ1n) is 9.84. The SMILES string of the molecule is CS(=O)(=O)N(CCCC(=O)NCC1COc2ccccc2O1)c1cccc(C(F)(F)F)c1. The summed E-state index contributed by atoms with van der Waals surface area (Å²) in [4.78, 5) is 12.2. The normalized spacial score (nSPS) is 15.8. The second-order valence-electron chi connectivity index (χ2n) is 7.29. The van der Waals surface area contributed by atoms with Gasteiger partial charge in [0.15, 0.2) is 11.5 Å². The van der Waals surface area contributed by atoms with Crippen LogP contribution in [0.3, 0.4) is 0 Å². The van der Waals surface area contributed by atoms with Gasteiger partial charge in [-0.2, -0.15) is 13.2 Å². The Bertz CT molecular complexity index is 1060. The molecule has 1 unspecified atom stereocenters. The van der Waals surface area contributed by atoms with Crippen molar-refractivity contribution in [3.8, 4) is 11.5 Å². The van der Waals surface area contributed by atoms with Crippen molar-refractivity contribution in [3.05, 3.63) is 54.1 Å². The second-order valence-corrected chi connectivity index (χ2v) is 9.20. The molecule has 1 amide bonds. The van der Waals surface area contributed by atoms with Gasteiger partial charge in [0, 0.05) is 13.0 Å². The van der Waals surface area contributed by atoms with Gasteiger partial charge in [0.2, 0.25) is 15.9 Å². The van der Waals surface area contributed by atoms with Gasteiger partial charge in [0.1, 0.15) is 12.7 Å². The number of para-hydroxylation sites is 2. The van der Waals surface area contributed by atoms with Crippen molar-refractivity contribution in [2.75, 3.05) is 30.3 Å². The Hall–Kier alpha value is -2.95. The zero-order valence-electron chi connectivity index (χ0n) is 17.3. The van der Waals surface area contributed by atoms with Gasteiger partial charge in [-0.1, -0.05) is 18.2 Å². The molecule has 3 rings (SSSR count). The zero-order chi connectivity index (χ0) is 23.4. The molecule has 0 fully saturated rings. The summed E-state index contributed by atoms with van der Waals surface area (Å²) in [7, 11) is -3.84. The Kier molecular flexibility index (Phi) is 7.17. The summed E-state index contributed by atoms with van der Waals surface area (Å²) >= 11 is 0. The van der Waals surface area contributed by atoms with Crippen molar-refractivity contribution in [2.24, 2.45) is 0 Å². The molecule has 2 aromatic rings. The number of hydrogen-bond donors (Lipinski definition) is 1. The van der Waals surface area contributed by atoms with Crippen molar-refractivity contribution in [2.45, 2.75) is 25.1 Å². The van der Waals surface area contributed by atoms with Crippen LogP contribution in [-0.2, 0) is 21.0 Å². The van der Waals surface area contributed by atoms with Gasteiger partial charge < -0.3 is 14.8 Å². The van der Waals surface area contributed by atoms with Crippen LogP contribution < -0.4 is 19.1 Å². The Labute approximate surface area is 184 Å². The van der Waals surface area contributed by atoms with E-state index in [1.54, 1.807) is 18.2 Å². The molecule has 1 heterocycles. The molecule has 2 aromatic carbocycles. The Balaban J connectivity index is 1.52. The van der Waals surface area contributed by atoms with Gasteiger partial charge in [-0.25, -0.2) is 8.42 Å². The number of sulfonamides is 1. The third kappa shape index (κ3) is 6.28. The molecule has 1 aliphatic heterocycles. The van der Waals surface area contributed by atoms with Gasteiger partial charge in [-0.3, -0.25) is 9.10 Å². The van der Waals surface area contributed by atoms with Gasteiger partial charge in [0.05, 0.1) is 24.1 Å². The van der Waals surface area contributed by atoms with Crippen LogP contribution in [0.2, 0.25) is 0 Å². The van der Waals surface area contributed by atoms with Crippen LogP contribution in [-0.4, -0.2) is 46.4 Å². The third-order valence-corrected chi connectivity index (χ3v) is 5.92. The maximum absolute atomic E-state index is 13.0. The van der Waals surface area contributed by atoms with E-state index in [2.05, 4.69) is 5.32 Å².